The molecule has 3 saturated heterocycles. The molecule has 5 heteroatoms. The van der Waals surface area contributed by atoms with E-state index in [0.29, 0.717) is 37.2 Å². The van der Waals surface area contributed by atoms with E-state index in [-0.39, 0.29) is 6.03 Å². The van der Waals surface area contributed by atoms with Crippen LogP contribution in [0.1, 0.15) is 24.8 Å². The van der Waals surface area contributed by atoms with Crippen molar-refractivity contribution in [1.29, 1.82) is 0 Å². The first kappa shape index (κ1) is 15.8. The molecule has 4 rings (SSSR count). The minimum atomic E-state index is 0.0692. The molecule has 0 aliphatic carbocycles. The third kappa shape index (κ3) is 2.97. The smallest absolute Gasteiger partial charge is 0.317 e. The Hall–Kier alpha value is -1.75. The number of hydrogen-bond donors (Lipinski definition) is 1. The lowest BCUT2D eigenvalue weighted by Crippen LogP contribution is -2.40. The Morgan fingerprint density at radius 2 is 1.96 bits per heavy atom. The van der Waals surface area contributed by atoms with Crippen LogP contribution in [-0.4, -0.2) is 49.4 Å². The molecule has 0 radical (unpaired) electrons. The lowest BCUT2D eigenvalue weighted by molar-refractivity contribution is 0.0739. The van der Waals surface area contributed by atoms with Crippen LogP contribution in [-0.2, 0) is 4.74 Å². The number of carbonyl (C=O) groups excluding carboxylic acids is 1. The molecule has 0 aromatic heterocycles. The zero-order valence-electron chi connectivity index (χ0n) is 14.2. The number of urea groups is 1. The van der Waals surface area contributed by atoms with Crippen LogP contribution < -0.4 is 10.1 Å². The van der Waals surface area contributed by atoms with Gasteiger partial charge in [0.15, 0.2) is 0 Å². The average Bonchev–Trinajstić information content (AvgIpc) is 3.28. The van der Waals surface area contributed by atoms with Gasteiger partial charge in [0.05, 0.1) is 18.8 Å². The van der Waals surface area contributed by atoms with Crippen LogP contribution in [0.3, 0.4) is 0 Å². The first-order chi connectivity index (χ1) is 11.7. The van der Waals surface area contributed by atoms with E-state index in [9.17, 15) is 4.79 Å². The maximum atomic E-state index is 12.3. The number of aryl methyl sites for hydroxylation is 1. The van der Waals surface area contributed by atoms with Crippen LogP contribution in [0.15, 0.2) is 24.3 Å². The molecule has 4 atom stereocenters. The minimum Gasteiger partial charge on any atom is -0.493 e. The van der Waals surface area contributed by atoms with Gasteiger partial charge in [-0.15, -0.1) is 0 Å². The van der Waals surface area contributed by atoms with E-state index in [2.05, 4.69) is 5.32 Å². The Kier molecular flexibility index (Phi) is 4.35. The van der Waals surface area contributed by atoms with Crippen molar-refractivity contribution in [3.8, 4) is 5.75 Å². The van der Waals surface area contributed by atoms with Gasteiger partial charge in [0.2, 0.25) is 0 Å². The van der Waals surface area contributed by atoms with Crippen molar-refractivity contribution in [2.24, 2.45) is 11.8 Å². The van der Waals surface area contributed by atoms with Crippen LogP contribution in [0.2, 0.25) is 0 Å². The van der Waals surface area contributed by atoms with Crippen LogP contribution in [0, 0.1) is 18.8 Å². The fourth-order valence-corrected chi connectivity index (χ4v) is 4.41. The van der Waals surface area contributed by atoms with Crippen molar-refractivity contribution in [3.05, 3.63) is 29.8 Å². The molecule has 3 fully saturated rings. The molecular weight excluding hydrogens is 304 g/mol. The molecule has 0 unspecified atom stereocenters. The summed E-state index contributed by atoms with van der Waals surface area (Å²) >= 11 is 0. The standard InChI is InChI=1S/C19H26N2O3/c1-13-5-2-3-6-16(13)23-10-4-9-20-19(22)21-11-14-15(12-21)18-8-7-17(14)24-18/h2-3,5-6,14-15,17-18H,4,7-12H2,1H3,(H,20,22)/t14-,15+,17-,18-/m1/s1. The molecule has 2 amide bonds. The van der Waals surface area contributed by atoms with Crippen molar-refractivity contribution < 1.29 is 14.3 Å². The molecule has 1 aromatic rings. The number of para-hydroxylation sites is 1. The number of nitrogens with one attached hydrogen (secondary N) is 1. The second-order valence-electron chi connectivity index (χ2n) is 7.22. The Morgan fingerprint density at radius 1 is 1.25 bits per heavy atom. The predicted octanol–water partition coefficient (Wildman–Crippen LogP) is 2.58. The van der Waals surface area contributed by atoms with Crippen molar-refractivity contribution in [1.82, 2.24) is 10.2 Å². The molecule has 3 heterocycles. The first-order valence-electron chi connectivity index (χ1n) is 9.09. The van der Waals surface area contributed by atoms with Crippen molar-refractivity contribution in [3.63, 3.8) is 0 Å². The fourth-order valence-electron chi connectivity index (χ4n) is 4.41. The fraction of sp³-hybridized carbons (Fsp3) is 0.632. The summed E-state index contributed by atoms with van der Waals surface area (Å²) < 4.78 is 11.7. The molecule has 1 aromatic carbocycles. The zero-order chi connectivity index (χ0) is 16.5. The van der Waals surface area contributed by atoms with Gasteiger partial charge in [-0.2, -0.15) is 0 Å². The van der Waals surface area contributed by atoms with Gasteiger partial charge in [0, 0.05) is 31.5 Å². The van der Waals surface area contributed by atoms with Crippen LogP contribution in [0.4, 0.5) is 4.79 Å². The summed E-state index contributed by atoms with van der Waals surface area (Å²) in [7, 11) is 0. The summed E-state index contributed by atoms with van der Waals surface area (Å²) in [6.07, 6.45) is 3.98. The summed E-state index contributed by atoms with van der Waals surface area (Å²) in [5.74, 6) is 2.06. The van der Waals surface area contributed by atoms with Crippen LogP contribution >= 0.6 is 0 Å². The third-order valence-corrected chi connectivity index (χ3v) is 5.69. The molecule has 2 bridgehead atoms. The molecular formula is C19H26N2O3. The minimum absolute atomic E-state index is 0.0692. The second-order valence-corrected chi connectivity index (χ2v) is 7.22. The van der Waals surface area contributed by atoms with E-state index < -0.39 is 0 Å². The van der Waals surface area contributed by atoms with Crippen LogP contribution in [0.5, 0.6) is 5.75 Å². The molecule has 0 spiro atoms. The largest absolute Gasteiger partial charge is 0.493 e. The van der Waals surface area contributed by atoms with Gasteiger partial charge in [-0.1, -0.05) is 18.2 Å². The van der Waals surface area contributed by atoms with Crippen LogP contribution in [0.25, 0.3) is 0 Å². The van der Waals surface area contributed by atoms with E-state index in [0.717, 1.165) is 30.8 Å². The van der Waals surface area contributed by atoms with Gasteiger partial charge in [-0.25, -0.2) is 4.79 Å². The number of carbonyl (C=O) groups is 1. The lowest BCUT2D eigenvalue weighted by atomic mass is 9.82. The normalized spacial score (nSPS) is 30.5. The highest BCUT2D eigenvalue weighted by Gasteiger charge is 2.53. The number of ether oxygens (including phenoxy) is 2. The van der Waals surface area contributed by atoms with Gasteiger partial charge in [-0.05, 0) is 37.8 Å². The maximum Gasteiger partial charge on any atom is 0.317 e. The Labute approximate surface area is 143 Å². The lowest BCUT2D eigenvalue weighted by Gasteiger charge is -2.19. The number of fused-ring (bicyclic) bond motifs is 5. The number of likely N-dealkylation sites (tertiary alicyclic amines) is 1. The zero-order valence-corrected chi connectivity index (χ0v) is 14.2. The van der Waals surface area contributed by atoms with Gasteiger partial charge in [0.1, 0.15) is 5.75 Å². The van der Waals surface area contributed by atoms with E-state index in [1.54, 1.807) is 0 Å². The predicted molar refractivity (Wildman–Crippen MR) is 91.1 cm³/mol. The Morgan fingerprint density at radius 3 is 2.67 bits per heavy atom. The van der Waals surface area contributed by atoms with Crippen molar-refractivity contribution in [2.45, 2.75) is 38.4 Å². The molecule has 5 nitrogen and oxygen atoms in total. The Balaban J connectivity index is 1.16. The Bertz CT molecular complexity index is 588. The molecule has 1 N–H and O–H groups in total. The molecule has 3 aliphatic heterocycles. The first-order valence-corrected chi connectivity index (χ1v) is 9.09. The molecule has 3 aliphatic rings. The maximum absolute atomic E-state index is 12.3. The topological polar surface area (TPSA) is 50.8 Å². The average molecular weight is 330 g/mol. The molecule has 24 heavy (non-hydrogen) atoms. The van der Waals surface area contributed by atoms with E-state index in [1.807, 2.05) is 36.1 Å². The summed E-state index contributed by atoms with van der Waals surface area (Å²) in [5.41, 5.74) is 1.14. The van der Waals surface area contributed by atoms with Crippen molar-refractivity contribution >= 4 is 6.03 Å². The molecule has 0 saturated carbocycles. The van der Waals surface area contributed by atoms with E-state index in [4.69, 9.17) is 9.47 Å². The summed E-state index contributed by atoms with van der Waals surface area (Å²) in [6, 6.07) is 8.07. The van der Waals surface area contributed by atoms with E-state index >= 15 is 0 Å². The number of rotatable bonds is 5. The second kappa shape index (κ2) is 6.63. The van der Waals surface area contributed by atoms with Gasteiger partial charge in [-0.3, -0.25) is 0 Å². The SMILES string of the molecule is Cc1ccccc1OCCCNC(=O)N1C[C@@H]2[C@H](C1)[C@H]1CC[C@H]2O1. The highest BCUT2D eigenvalue weighted by molar-refractivity contribution is 5.74. The van der Waals surface area contributed by atoms with Crippen molar-refractivity contribution in [2.75, 3.05) is 26.2 Å². The highest BCUT2D eigenvalue weighted by Crippen LogP contribution is 2.47. The van der Waals surface area contributed by atoms with E-state index in [1.165, 1.54) is 12.8 Å². The van der Waals surface area contributed by atoms with Gasteiger partial charge < -0.3 is 19.7 Å². The summed E-state index contributed by atoms with van der Waals surface area (Å²) in [6.45, 7) is 5.03. The number of benzene rings is 1. The summed E-state index contributed by atoms with van der Waals surface area (Å²) in [5, 5.41) is 3.03. The molecule has 130 valence electrons. The third-order valence-electron chi connectivity index (χ3n) is 5.69. The van der Waals surface area contributed by atoms with Gasteiger partial charge in [0.25, 0.3) is 0 Å². The number of hydrogen-bond acceptors (Lipinski definition) is 3. The quantitative estimate of drug-likeness (QED) is 0.844. The monoisotopic (exact) mass is 330 g/mol. The number of amides is 2. The highest BCUT2D eigenvalue weighted by atomic mass is 16.5. The number of nitrogens with zero attached hydrogens (tertiary/aromatic N) is 1. The van der Waals surface area contributed by atoms with Gasteiger partial charge >= 0.3 is 6.03 Å². The summed E-state index contributed by atoms with van der Waals surface area (Å²) in [4.78, 5) is 14.3.